The molecule has 0 aromatic carbocycles. The van der Waals surface area contributed by atoms with Crippen molar-refractivity contribution in [3.8, 4) is 6.07 Å². The maximum atomic E-state index is 11.7. The molecule has 2 amide bonds. The van der Waals surface area contributed by atoms with Crippen LogP contribution < -0.4 is 10.6 Å². The Labute approximate surface area is 118 Å². The van der Waals surface area contributed by atoms with Crippen molar-refractivity contribution in [3.05, 3.63) is 16.5 Å². The van der Waals surface area contributed by atoms with E-state index in [1.807, 2.05) is 5.38 Å². The van der Waals surface area contributed by atoms with E-state index in [4.69, 9.17) is 0 Å². The van der Waals surface area contributed by atoms with E-state index in [0.29, 0.717) is 17.1 Å². The number of hydrogen-bond acceptors (Lipinski definition) is 3. The summed E-state index contributed by atoms with van der Waals surface area (Å²) >= 11 is 1.40. The molecule has 0 radical (unpaired) electrons. The van der Waals surface area contributed by atoms with Crippen LogP contribution >= 0.6 is 11.3 Å². The van der Waals surface area contributed by atoms with Gasteiger partial charge in [-0.15, -0.1) is 11.3 Å². The van der Waals surface area contributed by atoms with Gasteiger partial charge in [0, 0.05) is 6.54 Å². The summed E-state index contributed by atoms with van der Waals surface area (Å²) in [6.45, 7) is 8.90. The zero-order chi connectivity index (χ0) is 14.5. The highest BCUT2D eigenvalue weighted by atomic mass is 32.1. The molecule has 5 heteroatoms. The summed E-state index contributed by atoms with van der Waals surface area (Å²) in [5.74, 6) is 0. The van der Waals surface area contributed by atoms with Crippen molar-refractivity contribution in [1.82, 2.24) is 5.32 Å². The molecule has 1 aromatic heterocycles. The fraction of sp³-hybridized carbons (Fsp3) is 0.571. The molecule has 1 heterocycles. The quantitative estimate of drug-likeness (QED) is 0.822. The van der Waals surface area contributed by atoms with E-state index >= 15 is 0 Å². The predicted molar refractivity (Wildman–Crippen MR) is 79.7 cm³/mol. The Morgan fingerprint density at radius 2 is 2.16 bits per heavy atom. The van der Waals surface area contributed by atoms with E-state index in [1.165, 1.54) is 11.3 Å². The van der Waals surface area contributed by atoms with Crippen LogP contribution in [0, 0.1) is 11.3 Å². The first-order chi connectivity index (χ1) is 8.90. The number of urea groups is 1. The monoisotopic (exact) mass is 279 g/mol. The molecule has 0 saturated carbocycles. The SMILES string of the molecule is CCCCNC(=O)Nc1scc(C(C)(C)C)c1C#N. The van der Waals surface area contributed by atoms with Gasteiger partial charge in [0.2, 0.25) is 0 Å². The average Bonchev–Trinajstić information content (AvgIpc) is 2.72. The molecule has 2 N–H and O–H groups in total. The maximum Gasteiger partial charge on any atom is 0.319 e. The topological polar surface area (TPSA) is 64.9 Å². The summed E-state index contributed by atoms with van der Waals surface area (Å²) in [6.07, 6.45) is 1.99. The van der Waals surface area contributed by atoms with Crippen LogP contribution in [0.2, 0.25) is 0 Å². The molecule has 0 aliphatic carbocycles. The number of unbranched alkanes of at least 4 members (excludes halogenated alkanes) is 1. The number of thiophene rings is 1. The van der Waals surface area contributed by atoms with Crippen molar-refractivity contribution in [1.29, 1.82) is 5.26 Å². The largest absolute Gasteiger partial charge is 0.338 e. The summed E-state index contributed by atoms with van der Waals surface area (Å²) in [5, 5.41) is 17.4. The Morgan fingerprint density at radius 3 is 2.68 bits per heavy atom. The molecular formula is C14H21N3OS. The lowest BCUT2D eigenvalue weighted by atomic mass is 9.86. The van der Waals surface area contributed by atoms with E-state index < -0.39 is 0 Å². The van der Waals surface area contributed by atoms with Crippen LogP contribution in [-0.4, -0.2) is 12.6 Å². The number of anilines is 1. The van der Waals surface area contributed by atoms with Crippen LogP contribution in [-0.2, 0) is 5.41 Å². The van der Waals surface area contributed by atoms with Gasteiger partial charge in [-0.25, -0.2) is 4.79 Å². The number of hydrogen-bond donors (Lipinski definition) is 2. The van der Waals surface area contributed by atoms with Crippen LogP contribution in [0.25, 0.3) is 0 Å². The van der Waals surface area contributed by atoms with Gasteiger partial charge in [-0.1, -0.05) is 34.1 Å². The van der Waals surface area contributed by atoms with Crippen molar-refractivity contribution >= 4 is 22.4 Å². The molecule has 1 aromatic rings. The second-order valence-electron chi connectivity index (χ2n) is 5.45. The van der Waals surface area contributed by atoms with Gasteiger partial charge >= 0.3 is 6.03 Å². The van der Waals surface area contributed by atoms with Crippen LogP contribution in [0.4, 0.5) is 9.80 Å². The minimum Gasteiger partial charge on any atom is -0.338 e. The van der Waals surface area contributed by atoms with Crippen LogP contribution in [0.3, 0.4) is 0 Å². The number of nitrogens with one attached hydrogen (secondary N) is 2. The highest BCUT2D eigenvalue weighted by Gasteiger charge is 2.23. The molecule has 0 spiro atoms. The second kappa shape index (κ2) is 6.58. The van der Waals surface area contributed by atoms with Crippen LogP contribution in [0.1, 0.15) is 51.7 Å². The van der Waals surface area contributed by atoms with Gasteiger partial charge in [0.1, 0.15) is 11.1 Å². The molecule has 0 unspecified atom stereocenters. The predicted octanol–water partition coefficient (Wildman–Crippen LogP) is 3.84. The molecule has 4 nitrogen and oxygen atoms in total. The molecule has 0 aliphatic heterocycles. The standard InChI is InChI=1S/C14H21N3OS/c1-5-6-7-16-13(18)17-12-10(8-15)11(9-19-12)14(2,3)4/h9H,5-7H2,1-4H3,(H2,16,17,18). The summed E-state index contributed by atoms with van der Waals surface area (Å²) in [7, 11) is 0. The van der Waals surface area contributed by atoms with Gasteiger partial charge in [0.25, 0.3) is 0 Å². The fourth-order valence-electron chi connectivity index (χ4n) is 1.64. The van der Waals surface area contributed by atoms with Crippen molar-refractivity contribution in [2.45, 2.75) is 46.0 Å². The van der Waals surface area contributed by atoms with Gasteiger partial charge in [-0.05, 0) is 22.8 Å². The molecule has 0 saturated heterocycles. The average molecular weight is 279 g/mol. The first kappa shape index (κ1) is 15.5. The van der Waals surface area contributed by atoms with E-state index in [-0.39, 0.29) is 11.4 Å². The Balaban J connectivity index is 2.78. The van der Waals surface area contributed by atoms with Gasteiger partial charge < -0.3 is 5.32 Å². The number of carbonyl (C=O) groups is 1. The van der Waals surface area contributed by atoms with E-state index in [2.05, 4.69) is 44.4 Å². The molecule has 0 aliphatic rings. The number of nitriles is 1. The molecule has 1 rings (SSSR count). The zero-order valence-corrected chi connectivity index (χ0v) is 12.8. The Morgan fingerprint density at radius 1 is 1.47 bits per heavy atom. The third-order valence-electron chi connectivity index (χ3n) is 2.75. The summed E-state index contributed by atoms with van der Waals surface area (Å²) in [5.41, 5.74) is 1.45. The van der Waals surface area contributed by atoms with Crippen molar-refractivity contribution in [2.24, 2.45) is 0 Å². The van der Waals surface area contributed by atoms with Crippen molar-refractivity contribution in [2.75, 3.05) is 11.9 Å². The summed E-state index contributed by atoms with van der Waals surface area (Å²) < 4.78 is 0. The summed E-state index contributed by atoms with van der Waals surface area (Å²) in [6, 6.07) is 1.95. The van der Waals surface area contributed by atoms with Crippen LogP contribution in [0.15, 0.2) is 5.38 Å². The maximum absolute atomic E-state index is 11.7. The fourth-order valence-corrected chi connectivity index (χ4v) is 2.77. The van der Waals surface area contributed by atoms with Crippen molar-refractivity contribution in [3.63, 3.8) is 0 Å². The number of rotatable bonds is 4. The molecule has 0 atom stereocenters. The van der Waals surface area contributed by atoms with E-state index in [1.54, 1.807) is 0 Å². The smallest absolute Gasteiger partial charge is 0.319 e. The number of nitrogens with zero attached hydrogens (tertiary/aromatic N) is 1. The second-order valence-corrected chi connectivity index (χ2v) is 6.33. The number of carbonyl (C=O) groups excluding carboxylic acids is 1. The third-order valence-corrected chi connectivity index (χ3v) is 3.65. The van der Waals surface area contributed by atoms with Crippen LogP contribution in [0.5, 0.6) is 0 Å². The molecule has 19 heavy (non-hydrogen) atoms. The lowest BCUT2D eigenvalue weighted by Crippen LogP contribution is -2.29. The highest BCUT2D eigenvalue weighted by molar-refractivity contribution is 7.14. The Kier molecular flexibility index (Phi) is 5.37. The lowest BCUT2D eigenvalue weighted by Gasteiger charge is -2.17. The summed E-state index contributed by atoms with van der Waals surface area (Å²) in [4.78, 5) is 11.7. The van der Waals surface area contributed by atoms with E-state index in [9.17, 15) is 10.1 Å². The minimum atomic E-state index is -0.243. The van der Waals surface area contributed by atoms with Gasteiger partial charge in [0.05, 0.1) is 5.56 Å². The molecular weight excluding hydrogens is 258 g/mol. The first-order valence-electron chi connectivity index (χ1n) is 6.47. The Hall–Kier alpha value is -1.54. The third kappa shape index (κ3) is 4.25. The zero-order valence-electron chi connectivity index (χ0n) is 12.0. The minimum absolute atomic E-state index is 0.0970. The molecule has 0 bridgehead atoms. The van der Waals surface area contributed by atoms with Gasteiger partial charge in [-0.3, -0.25) is 5.32 Å². The lowest BCUT2D eigenvalue weighted by molar-refractivity contribution is 0.252. The highest BCUT2D eigenvalue weighted by Crippen LogP contribution is 2.35. The van der Waals surface area contributed by atoms with Gasteiger partial charge in [-0.2, -0.15) is 5.26 Å². The first-order valence-corrected chi connectivity index (χ1v) is 7.35. The normalized spacial score (nSPS) is 10.9. The Bertz CT molecular complexity index is 480. The van der Waals surface area contributed by atoms with E-state index in [0.717, 1.165) is 18.4 Å². The number of amides is 2. The van der Waals surface area contributed by atoms with Gasteiger partial charge in [0.15, 0.2) is 0 Å². The molecule has 104 valence electrons. The molecule has 0 fully saturated rings. The van der Waals surface area contributed by atoms with Crippen molar-refractivity contribution < 1.29 is 4.79 Å².